The third-order valence-electron chi connectivity index (χ3n) is 2.73. The van der Waals surface area contributed by atoms with E-state index < -0.39 is 35.1 Å². The minimum atomic E-state index is -5.02. The van der Waals surface area contributed by atoms with Crippen LogP contribution in [0.4, 0.5) is 22.0 Å². The van der Waals surface area contributed by atoms with E-state index in [0.717, 1.165) is 24.3 Å². The lowest BCUT2D eigenvalue weighted by molar-refractivity contribution is -0.201. The summed E-state index contributed by atoms with van der Waals surface area (Å²) in [4.78, 5) is 10.8. The molecule has 0 aliphatic carbocycles. The van der Waals surface area contributed by atoms with Gasteiger partial charge in [0.25, 0.3) is 6.43 Å². The summed E-state index contributed by atoms with van der Waals surface area (Å²) < 4.78 is 62.8. The molecule has 1 atom stereocenters. The van der Waals surface area contributed by atoms with Crippen molar-refractivity contribution in [2.45, 2.75) is 24.9 Å². The SMILES string of the molecule is CC(C(=O)O)(c1ccc(C(F)F)cc1)C(F)(F)F. The van der Waals surface area contributed by atoms with Crippen LogP contribution in [0.1, 0.15) is 24.5 Å². The number of carbonyl (C=O) groups is 1. The van der Waals surface area contributed by atoms with Gasteiger partial charge in [-0.05, 0) is 12.5 Å². The number of hydrogen-bond donors (Lipinski definition) is 1. The maximum Gasteiger partial charge on any atom is 0.408 e. The van der Waals surface area contributed by atoms with Gasteiger partial charge in [-0.1, -0.05) is 24.3 Å². The van der Waals surface area contributed by atoms with E-state index in [0.29, 0.717) is 6.92 Å². The van der Waals surface area contributed by atoms with Crippen LogP contribution in [0, 0.1) is 0 Å². The fraction of sp³-hybridized carbons (Fsp3) is 0.364. The Morgan fingerprint density at radius 2 is 1.61 bits per heavy atom. The van der Waals surface area contributed by atoms with Gasteiger partial charge in [0.2, 0.25) is 0 Å². The normalized spacial score (nSPS) is 15.5. The summed E-state index contributed by atoms with van der Waals surface area (Å²) in [5.41, 5.74) is -4.17. The zero-order chi connectivity index (χ0) is 14.1. The van der Waals surface area contributed by atoms with Crippen molar-refractivity contribution in [1.82, 2.24) is 0 Å². The van der Waals surface area contributed by atoms with Crippen LogP contribution in [0.25, 0.3) is 0 Å². The highest BCUT2D eigenvalue weighted by Crippen LogP contribution is 2.41. The molecule has 0 saturated heterocycles. The molecule has 1 rings (SSSR count). The average molecular weight is 268 g/mol. The van der Waals surface area contributed by atoms with Gasteiger partial charge in [0, 0.05) is 5.56 Å². The second kappa shape index (κ2) is 4.55. The highest BCUT2D eigenvalue weighted by molar-refractivity contribution is 5.82. The average Bonchev–Trinajstić information content (AvgIpc) is 2.26. The Balaban J connectivity index is 3.28. The fourth-order valence-corrected chi connectivity index (χ4v) is 1.37. The lowest BCUT2D eigenvalue weighted by Gasteiger charge is -2.28. The third kappa shape index (κ3) is 2.30. The van der Waals surface area contributed by atoms with Crippen LogP contribution in [-0.2, 0) is 10.2 Å². The topological polar surface area (TPSA) is 37.3 Å². The zero-order valence-electron chi connectivity index (χ0n) is 9.13. The molecule has 0 aliphatic heterocycles. The van der Waals surface area contributed by atoms with Crippen molar-refractivity contribution in [2.24, 2.45) is 0 Å². The third-order valence-corrected chi connectivity index (χ3v) is 2.73. The first kappa shape index (κ1) is 14.4. The lowest BCUT2D eigenvalue weighted by Crippen LogP contribution is -2.46. The molecule has 1 aromatic carbocycles. The van der Waals surface area contributed by atoms with Gasteiger partial charge in [0.1, 0.15) is 0 Å². The number of alkyl halides is 5. The van der Waals surface area contributed by atoms with Crippen LogP contribution in [0.15, 0.2) is 24.3 Å². The molecule has 0 spiro atoms. The number of carboxylic acid groups (broad SMARTS) is 1. The highest BCUT2D eigenvalue weighted by Gasteiger charge is 2.58. The largest absolute Gasteiger partial charge is 0.480 e. The molecule has 7 heteroatoms. The molecule has 0 bridgehead atoms. The summed E-state index contributed by atoms with van der Waals surface area (Å²) >= 11 is 0. The quantitative estimate of drug-likeness (QED) is 0.851. The molecule has 1 N–H and O–H groups in total. The molecule has 1 unspecified atom stereocenters. The highest BCUT2D eigenvalue weighted by atomic mass is 19.4. The standard InChI is InChI=1S/C11H9F5O2/c1-10(9(17)18,11(14,15)16)7-4-2-6(3-5-7)8(12)13/h2-5,8H,1H3,(H,17,18). The number of aliphatic carboxylic acids is 1. The minimum Gasteiger partial charge on any atom is -0.480 e. The molecular weight excluding hydrogens is 259 g/mol. The van der Waals surface area contributed by atoms with E-state index in [1.807, 2.05) is 0 Å². The molecule has 0 amide bonds. The molecule has 100 valence electrons. The van der Waals surface area contributed by atoms with Gasteiger partial charge in [0.15, 0.2) is 5.41 Å². The molecule has 0 fully saturated rings. The predicted molar refractivity (Wildman–Crippen MR) is 52.4 cm³/mol. The number of hydrogen-bond acceptors (Lipinski definition) is 1. The summed E-state index contributed by atoms with van der Waals surface area (Å²) in [5, 5.41) is 8.73. The number of benzene rings is 1. The summed E-state index contributed by atoms with van der Waals surface area (Å²) in [6.07, 6.45) is -7.84. The van der Waals surface area contributed by atoms with Crippen LogP contribution in [-0.4, -0.2) is 17.3 Å². The molecule has 0 aliphatic rings. The molecule has 0 radical (unpaired) electrons. The van der Waals surface area contributed by atoms with Gasteiger partial charge >= 0.3 is 12.1 Å². The van der Waals surface area contributed by atoms with E-state index in [-0.39, 0.29) is 0 Å². The first-order valence-corrected chi connectivity index (χ1v) is 4.79. The monoisotopic (exact) mass is 268 g/mol. The molecule has 0 heterocycles. The smallest absolute Gasteiger partial charge is 0.408 e. The van der Waals surface area contributed by atoms with Crippen molar-refractivity contribution < 1.29 is 31.9 Å². The minimum absolute atomic E-state index is 0.464. The van der Waals surface area contributed by atoms with Gasteiger partial charge in [-0.15, -0.1) is 0 Å². The maximum atomic E-state index is 12.8. The van der Waals surface area contributed by atoms with E-state index in [9.17, 15) is 26.7 Å². The molecule has 18 heavy (non-hydrogen) atoms. The van der Waals surface area contributed by atoms with Gasteiger partial charge < -0.3 is 5.11 Å². The van der Waals surface area contributed by atoms with Crippen LogP contribution in [0.5, 0.6) is 0 Å². The first-order valence-electron chi connectivity index (χ1n) is 4.79. The van der Waals surface area contributed by atoms with Crippen molar-refractivity contribution in [3.63, 3.8) is 0 Å². The van der Waals surface area contributed by atoms with E-state index in [4.69, 9.17) is 5.11 Å². The van der Waals surface area contributed by atoms with Gasteiger partial charge in [-0.25, -0.2) is 8.78 Å². The summed E-state index contributed by atoms with van der Waals surface area (Å²) in [5.74, 6) is -2.08. The lowest BCUT2D eigenvalue weighted by atomic mass is 9.81. The Morgan fingerprint density at radius 1 is 1.17 bits per heavy atom. The second-order valence-electron chi connectivity index (χ2n) is 3.85. The first-order chi connectivity index (χ1) is 8.10. The molecule has 2 nitrogen and oxygen atoms in total. The Labute approximate surface area is 99.0 Å². The summed E-state index contributed by atoms with van der Waals surface area (Å²) in [6.45, 7) is 0.493. The fourth-order valence-electron chi connectivity index (χ4n) is 1.37. The van der Waals surface area contributed by atoms with Gasteiger partial charge in [-0.3, -0.25) is 4.79 Å². The molecule has 0 saturated carbocycles. The number of rotatable bonds is 3. The van der Waals surface area contributed by atoms with E-state index >= 15 is 0 Å². The van der Waals surface area contributed by atoms with Crippen LogP contribution in [0.2, 0.25) is 0 Å². The van der Waals surface area contributed by atoms with E-state index in [2.05, 4.69) is 0 Å². The Hall–Kier alpha value is -1.66. The second-order valence-corrected chi connectivity index (χ2v) is 3.85. The Kier molecular flexibility index (Phi) is 3.64. The molecule has 0 aromatic heterocycles. The van der Waals surface area contributed by atoms with E-state index in [1.54, 1.807) is 0 Å². The zero-order valence-corrected chi connectivity index (χ0v) is 9.13. The predicted octanol–water partition coefficient (Wildman–Crippen LogP) is 3.53. The van der Waals surface area contributed by atoms with Gasteiger partial charge in [-0.2, -0.15) is 13.2 Å². The van der Waals surface area contributed by atoms with Crippen molar-refractivity contribution in [1.29, 1.82) is 0 Å². The van der Waals surface area contributed by atoms with Crippen LogP contribution >= 0.6 is 0 Å². The van der Waals surface area contributed by atoms with Crippen molar-refractivity contribution in [2.75, 3.05) is 0 Å². The summed E-state index contributed by atoms with van der Waals surface area (Å²) in [7, 11) is 0. The molecular formula is C11H9F5O2. The Morgan fingerprint density at radius 3 is 1.89 bits per heavy atom. The van der Waals surface area contributed by atoms with Crippen molar-refractivity contribution in [3.05, 3.63) is 35.4 Å². The van der Waals surface area contributed by atoms with Crippen LogP contribution in [0.3, 0.4) is 0 Å². The van der Waals surface area contributed by atoms with Crippen molar-refractivity contribution >= 4 is 5.97 Å². The number of halogens is 5. The van der Waals surface area contributed by atoms with Gasteiger partial charge in [0.05, 0.1) is 0 Å². The van der Waals surface area contributed by atoms with Crippen molar-refractivity contribution in [3.8, 4) is 0 Å². The van der Waals surface area contributed by atoms with E-state index in [1.165, 1.54) is 0 Å². The number of carboxylic acids is 1. The maximum absolute atomic E-state index is 12.8. The molecule has 1 aromatic rings. The van der Waals surface area contributed by atoms with Crippen LogP contribution < -0.4 is 0 Å². The summed E-state index contributed by atoms with van der Waals surface area (Å²) in [6, 6.07) is 3.08. The Bertz CT molecular complexity index is 438.